The second kappa shape index (κ2) is 8.08. The van der Waals surface area contributed by atoms with E-state index in [1.807, 2.05) is 32.0 Å². The molecule has 2 aromatic rings. The fraction of sp³-hybridized carbons (Fsp3) is 0.429. The van der Waals surface area contributed by atoms with Crippen LogP contribution in [0.3, 0.4) is 0 Å². The second-order valence-electron chi connectivity index (χ2n) is 4.45. The Kier molecular flexibility index (Phi) is 6.77. The first-order valence-electron chi connectivity index (χ1n) is 6.68. The van der Waals surface area contributed by atoms with Gasteiger partial charge in [-0.15, -0.1) is 24.0 Å². The number of hydrogen-bond acceptors (Lipinski definition) is 2. The number of benzene rings is 1. The molecule has 0 aliphatic rings. The van der Waals surface area contributed by atoms with E-state index in [2.05, 4.69) is 25.9 Å². The monoisotopic (exact) mass is 387 g/mol. The highest BCUT2D eigenvalue weighted by atomic mass is 127. The van der Waals surface area contributed by atoms with E-state index in [-0.39, 0.29) is 24.0 Å². The van der Waals surface area contributed by atoms with Gasteiger partial charge in [0, 0.05) is 19.6 Å². The summed E-state index contributed by atoms with van der Waals surface area (Å²) in [5, 5.41) is 2.99. The van der Waals surface area contributed by atoms with Gasteiger partial charge in [0.2, 0.25) is 0 Å². The first kappa shape index (κ1) is 16.7. The van der Waals surface area contributed by atoms with Gasteiger partial charge in [0.15, 0.2) is 5.96 Å². The smallest absolute Gasteiger partial charge is 0.188 e. The van der Waals surface area contributed by atoms with Crippen molar-refractivity contribution in [2.24, 2.45) is 10.7 Å². The number of guanidine groups is 1. The molecule has 6 heteroatoms. The number of nitrogens with two attached hydrogens (primary N) is 1. The lowest BCUT2D eigenvalue weighted by molar-refractivity contribution is 0.648. The Bertz CT molecular complexity index is 576. The largest absolute Gasteiger partial charge is 0.370 e. The number of rotatable bonds is 5. The van der Waals surface area contributed by atoms with Crippen LogP contribution in [0, 0.1) is 6.92 Å². The number of nitrogens with zero attached hydrogens (tertiary/aromatic N) is 3. The summed E-state index contributed by atoms with van der Waals surface area (Å²) in [6.45, 7) is 6.49. The molecular weight excluding hydrogens is 365 g/mol. The van der Waals surface area contributed by atoms with Crippen molar-refractivity contribution >= 4 is 41.0 Å². The molecule has 1 heterocycles. The Labute approximate surface area is 136 Å². The van der Waals surface area contributed by atoms with Crippen LogP contribution < -0.4 is 11.1 Å². The highest BCUT2D eigenvalue weighted by Gasteiger charge is 2.05. The maximum Gasteiger partial charge on any atom is 0.188 e. The number of fused-ring (bicyclic) bond motifs is 1. The minimum absolute atomic E-state index is 0. The van der Waals surface area contributed by atoms with E-state index in [1.54, 1.807) is 0 Å². The lowest BCUT2D eigenvalue weighted by Crippen LogP contribution is -2.31. The summed E-state index contributed by atoms with van der Waals surface area (Å²) in [5.41, 5.74) is 7.92. The molecule has 0 aliphatic carbocycles. The van der Waals surface area contributed by atoms with Crippen molar-refractivity contribution in [2.45, 2.75) is 26.8 Å². The molecule has 5 nitrogen and oxygen atoms in total. The van der Waals surface area contributed by atoms with Crippen LogP contribution in [0.5, 0.6) is 0 Å². The van der Waals surface area contributed by atoms with Gasteiger partial charge in [0.05, 0.1) is 11.0 Å². The van der Waals surface area contributed by atoms with Gasteiger partial charge in [-0.1, -0.05) is 12.1 Å². The topological polar surface area (TPSA) is 68.2 Å². The fourth-order valence-electron chi connectivity index (χ4n) is 2.14. The van der Waals surface area contributed by atoms with E-state index in [9.17, 15) is 0 Å². The van der Waals surface area contributed by atoms with Crippen LogP contribution in [-0.2, 0) is 6.54 Å². The summed E-state index contributed by atoms with van der Waals surface area (Å²) >= 11 is 0. The minimum atomic E-state index is 0. The highest BCUT2D eigenvalue weighted by Crippen LogP contribution is 2.15. The van der Waals surface area contributed by atoms with Crippen molar-refractivity contribution in [1.29, 1.82) is 0 Å². The molecule has 0 saturated carbocycles. The first-order valence-corrected chi connectivity index (χ1v) is 6.68. The van der Waals surface area contributed by atoms with E-state index in [1.165, 1.54) is 5.52 Å². The molecule has 0 saturated heterocycles. The first-order chi connectivity index (χ1) is 9.22. The predicted octanol–water partition coefficient (Wildman–Crippen LogP) is 2.28. The summed E-state index contributed by atoms with van der Waals surface area (Å²) in [5.74, 6) is 1.57. The molecule has 3 N–H and O–H groups in total. The van der Waals surface area contributed by atoms with Gasteiger partial charge in [0.25, 0.3) is 0 Å². The Morgan fingerprint density at radius 2 is 2.15 bits per heavy atom. The average Bonchev–Trinajstić information content (AvgIpc) is 2.71. The van der Waals surface area contributed by atoms with Crippen molar-refractivity contribution < 1.29 is 0 Å². The maximum atomic E-state index is 5.68. The molecule has 20 heavy (non-hydrogen) atoms. The van der Waals surface area contributed by atoms with Gasteiger partial charge in [0.1, 0.15) is 5.82 Å². The second-order valence-corrected chi connectivity index (χ2v) is 4.45. The van der Waals surface area contributed by atoms with Gasteiger partial charge < -0.3 is 15.6 Å². The molecular formula is C14H22IN5. The number of hydrogen-bond donors (Lipinski definition) is 2. The average molecular weight is 387 g/mol. The van der Waals surface area contributed by atoms with Crippen molar-refractivity contribution in [3.05, 3.63) is 30.1 Å². The van der Waals surface area contributed by atoms with E-state index < -0.39 is 0 Å². The maximum absolute atomic E-state index is 5.68. The Morgan fingerprint density at radius 3 is 2.90 bits per heavy atom. The summed E-state index contributed by atoms with van der Waals surface area (Å²) in [7, 11) is 0. The van der Waals surface area contributed by atoms with Gasteiger partial charge in [-0.25, -0.2) is 4.98 Å². The van der Waals surface area contributed by atoms with E-state index in [0.717, 1.165) is 37.4 Å². The van der Waals surface area contributed by atoms with Crippen molar-refractivity contribution in [3.8, 4) is 0 Å². The van der Waals surface area contributed by atoms with Crippen LogP contribution in [0.1, 0.15) is 19.2 Å². The molecule has 0 aliphatic heterocycles. The van der Waals surface area contributed by atoms with Crippen LogP contribution in [0.4, 0.5) is 0 Å². The molecule has 0 spiro atoms. The molecule has 0 fully saturated rings. The van der Waals surface area contributed by atoms with E-state index in [0.29, 0.717) is 5.96 Å². The number of aliphatic imine (C=N–C) groups is 1. The zero-order chi connectivity index (χ0) is 13.7. The predicted molar refractivity (Wildman–Crippen MR) is 94.7 cm³/mol. The molecule has 0 unspecified atom stereocenters. The van der Waals surface area contributed by atoms with E-state index >= 15 is 0 Å². The number of aryl methyl sites for hydroxylation is 2. The minimum Gasteiger partial charge on any atom is -0.370 e. The van der Waals surface area contributed by atoms with Crippen LogP contribution in [-0.4, -0.2) is 28.6 Å². The third-order valence-electron chi connectivity index (χ3n) is 3.03. The highest BCUT2D eigenvalue weighted by molar-refractivity contribution is 14.0. The third kappa shape index (κ3) is 4.09. The fourth-order valence-corrected chi connectivity index (χ4v) is 2.14. The molecule has 1 aromatic heterocycles. The molecule has 1 aromatic carbocycles. The number of aromatic nitrogens is 2. The van der Waals surface area contributed by atoms with Gasteiger partial charge in [-0.05, 0) is 32.4 Å². The molecule has 0 bridgehead atoms. The van der Waals surface area contributed by atoms with E-state index in [4.69, 9.17) is 5.73 Å². The van der Waals surface area contributed by atoms with Crippen LogP contribution in [0.15, 0.2) is 29.3 Å². The summed E-state index contributed by atoms with van der Waals surface area (Å²) in [6, 6.07) is 8.20. The normalized spacial score (nSPS) is 11.4. The van der Waals surface area contributed by atoms with Crippen molar-refractivity contribution in [3.63, 3.8) is 0 Å². The SMILES string of the molecule is CCNC(N)=NCCCn1c(C)nc2ccccc21.I. The van der Waals surface area contributed by atoms with Crippen LogP contribution in [0.2, 0.25) is 0 Å². The Morgan fingerprint density at radius 1 is 1.40 bits per heavy atom. The van der Waals surface area contributed by atoms with Crippen LogP contribution >= 0.6 is 24.0 Å². The summed E-state index contributed by atoms with van der Waals surface area (Å²) in [4.78, 5) is 8.82. The van der Waals surface area contributed by atoms with Crippen molar-refractivity contribution in [2.75, 3.05) is 13.1 Å². The molecule has 110 valence electrons. The van der Waals surface area contributed by atoms with Gasteiger partial charge in [-0.3, -0.25) is 4.99 Å². The zero-order valence-corrected chi connectivity index (χ0v) is 14.3. The lowest BCUT2D eigenvalue weighted by Gasteiger charge is -2.06. The molecule has 0 radical (unpaired) electrons. The molecule has 0 atom stereocenters. The van der Waals surface area contributed by atoms with Crippen molar-refractivity contribution in [1.82, 2.24) is 14.9 Å². The number of para-hydroxylation sites is 2. The Hall–Kier alpha value is -1.31. The van der Waals surface area contributed by atoms with Gasteiger partial charge in [-0.2, -0.15) is 0 Å². The number of imidazole rings is 1. The molecule has 2 rings (SSSR count). The quantitative estimate of drug-likeness (QED) is 0.358. The summed E-state index contributed by atoms with van der Waals surface area (Å²) in [6.07, 6.45) is 0.952. The Balaban J connectivity index is 0.00000200. The van der Waals surface area contributed by atoms with Crippen LogP contribution in [0.25, 0.3) is 11.0 Å². The number of halogens is 1. The van der Waals surface area contributed by atoms with Gasteiger partial charge >= 0.3 is 0 Å². The third-order valence-corrected chi connectivity index (χ3v) is 3.03. The zero-order valence-electron chi connectivity index (χ0n) is 12.0. The number of nitrogens with one attached hydrogen (secondary N) is 1. The summed E-state index contributed by atoms with van der Waals surface area (Å²) < 4.78 is 2.23. The standard InChI is InChI=1S/C14H21N5.HI/c1-3-16-14(15)17-9-6-10-19-11(2)18-12-7-4-5-8-13(12)19;/h4-5,7-8H,3,6,9-10H2,1-2H3,(H3,15,16,17);1H. The molecule has 0 amide bonds. The lowest BCUT2D eigenvalue weighted by atomic mass is 10.3.